The van der Waals surface area contributed by atoms with Crippen molar-refractivity contribution in [2.45, 2.75) is 32.2 Å². The molecule has 0 aromatic heterocycles. The number of halogens is 4. The molecule has 1 unspecified atom stereocenters. The number of carbonyl (C=O) groups excluding carboxylic acids is 1. The van der Waals surface area contributed by atoms with Crippen LogP contribution in [-0.2, 0) is 17.6 Å². The van der Waals surface area contributed by atoms with Crippen LogP contribution in [0.15, 0.2) is 53.7 Å². The number of alkyl halides is 3. The van der Waals surface area contributed by atoms with Gasteiger partial charge in [0.25, 0.3) is 0 Å². The van der Waals surface area contributed by atoms with Crippen molar-refractivity contribution < 1.29 is 22.8 Å². The van der Waals surface area contributed by atoms with Crippen molar-refractivity contribution in [1.82, 2.24) is 10.2 Å². The molecule has 1 aliphatic heterocycles. The van der Waals surface area contributed by atoms with Crippen LogP contribution < -0.4 is 5.32 Å². The van der Waals surface area contributed by atoms with E-state index in [1.807, 2.05) is 18.2 Å². The third kappa shape index (κ3) is 5.44. The summed E-state index contributed by atoms with van der Waals surface area (Å²) in [6.07, 6.45) is -4.44. The fraction of sp³-hybridized carbons (Fsp3) is 0.333. The van der Waals surface area contributed by atoms with E-state index in [1.54, 1.807) is 19.1 Å². The molecule has 2 amide bonds. The van der Waals surface area contributed by atoms with Gasteiger partial charge < -0.3 is 15.1 Å². The Morgan fingerprint density at radius 3 is 2.73 bits per heavy atom. The number of benzene rings is 2. The molecule has 0 saturated heterocycles. The zero-order chi connectivity index (χ0) is 21.7. The Kier molecular flexibility index (Phi) is 6.87. The molecule has 0 bridgehead atoms. The van der Waals surface area contributed by atoms with Crippen LogP contribution in [0.5, 0.6) is 0 Å². The number of carbonyl (C=O) groups is 1. The summed E-state index contributed by atoms with van der Waals surface area (Å²) in [5.41, 5.74) is 1.04. The standard InChI is InChI=1S/C21H21ClF3N3O2/c1-2-26-20(29)28(12-14-6-5-7-15(10-14)21(23,24)25)13-16-11-19(27-30-16)17-8-3-4-9-18(17)22/h3-10,16H,2,11-13H2,1H3,(H,26,29). The number of rotatable bonds is 6. The first-order valence-electron chi connectivity index (χ1n) is 9.44. The molecule has 2 aromatic rings. The quantitative estimate of drug-likeness (QED) is 0.682. The molecule has 0 aliphatic carbocycles. The summed E-state index contributed by atoms with van der Waals surface area (Å²) in [5, 5.41) is 7.32. The van der Waals surface area contributed by atoms with Crippen LogP contribution in [0, 0.1) is 0 Å². The smallest absolute Gasteiger partial charge is 0.390 e. The maximum absolute atomic E-state index is 13.0. The molecule has 9 heteroatoms. The molecule has 5 nitrogen and oxygen atoms in total. The molecule has 0 saturated carbocycles. The molecule has 2 aromatic carbocycles. The number of nitrogens with zero attached hydrogens (tertiary/aromatic N) is 2. The number of oxime groups is 1. The molecule has 3 rings (SSSR count). The van der Waals surface area contributed by atoms with Crippen LogP contribution in [0.1, 0.15) is 30.0 Å². The maximum atomic E-state index is 13.0. The van der Waals surface area contributed by atoms with E-state index in [0.29, 0.717) is 29.3 Å². The second-order valence-corrected chi connectivity index (χ2v) is 7.27. The van der Waals surface area contributed by atoms with Gasteiger partial charge >= 0.3 is 12.2 Å². The second kappa shape index (κ2) is 9.38. The Morgan fingerprint density at radius 2 is 2.03 bits per heavy atom. The Bertz CT molecular complexity index is 934. The zero-order valence-corrected chi connectivity index (χ0v) is 17.0. The highest BCUT2D eigenvalue weighted by molar-refractivity contribution is 6.34. The van der Waals surface area contributed by atoms with E-state index in [2.05, 4.69) is 10.5 Å². The van der Waals surface area contributed by atoms with E-state index >= 15 is 0 Å². The zero-order valence-electron chi connectivity index (χ0n) is 16.2. The molecule has 0 radical (unpaired) electrons. The maximum Gasteiger partial charge on any atom is 0.416 e. The minimum atomic E-state index is -4.45. The van der Waals surface area contributed by atoms with E-state index in [-0.39, 0.29) is 19.1 Å². The van der Waals surface area contributed by atoms with Gasteiger partial charge in [0.15, 0.2) is 6.10 Å². The molecule has 0 spiro atoms. The summed E-state index contributed by atoms with van der Waals surface area (Å²) in [7, 11) is 0. The summed E-state index contributed by atoms with van der Waals surface area (Å²) in [6.45, 7) is 2.34. The molecular formula is C21H21ClF3N3O2. The fourth-order valence-electron chi connectivity index (χ4n) is 3.18. The lowest BCUT2D eigenvalue weighted by Gasteiger charge is -2.25. The lowest BCUT2D eigenvalue weighted by Crippen LogP contribution is -2.43. The van der Waals surface area contributed by atoms with Gasteiger partial charge in [-0.25, -0.2) is 4.79 Å². The molecule has 1 atom stereocenters. The first kappa shape index (κ1) is 22.0. The average molecular weight is 440 g/mol. The highest BCUT2D eigenvalue weighted by Gasteiger charge is 2.31. The molecule has 1 N–H and O–H groups in total. The number of hydrogen-bond donors (Lipinski definition) is 1. The van der Waals surface area contributed by atoms with Crippen LogP contribution >= 0.6 is 11.6 Å². The predicted molar refractivity (Wildman–Crippen MR) is 108 cm³/mol. The van der Waals surface area contributed by atoms with Crippen molar-refractivity contribution in [1.29, 1.82) is 0 Å². The van der Waals surface area contributed by atoms with Crippen LogP contribution in [0.3, 0.4) is 0 Å². The largest absolute Gasteiger partial charge is 0.416 e. The van der Waals surface area contributed by atoms with Crippen molar-refractivity contribution in [2.75, 3.05) is 13.1 Å². The summed E-state index contributed by atoms with van der Waals surface area (Å²) in [4.78, 5) is 19.4. The highest BCUT2D eigenvalue weighted by atomic mass is 35.5. The Balaban J connectivity index is 1.71. The lowest BCUT2D eigenvalue weighted by molar-refractivity contribution is -0.137. The summed E-state index contributed by atoms with van der Waals surface area (Å²) < 4.78 is 39.0. The van der Waals surface area contributed by atoms with Crippen LogP contribution in [0.4, 0.5) is 18.0 Å². The fourth-order valence-corrected chi connectivity index (χ4v) is 3.42. The van der Waals surface area contributed by atoms with Crippen molar-refractivity contribution in [2.24, 2.45) is 5.16 Å². The first-order valence-corrected chi connectivity index (χ1v) is 9.82. The SMILES string of the molecule is CCNC(=O)N(Cc1cccc(C(F)(F)F)c1)CC1CC(c2ccccc2Cl)=NO1. The number of urea groups is 1. The van der Waals surface area contributed by atoms with Crippen molar-refractivity contribution in [3.63, 3.8) is 0 Å². The molecule has 1 aliphatic rings. The highest BCUT2D eigenvalue weighted by Crippen LogP contribution is 2.30. The summed E-state index contributed by atoms with van der Waals surface area (Å²) >= 11 is 6.21. The van der Waals surface area contributed by atoms with Gasteiger partial charge in [-0.2, -0.15) is 13.2 Å². The topological polar surface area (TPSA) is 53.9 Å². The summed E-state index contributed by atoms with van der Waals surface area (Å²) in [6, 6.07) is 11.8. The van der Waals surface area contributed by atoms with Crippen molar-refractivity contribution in [3.05, 3.63) is 70.2 Å². The van der Waals surface area contributed by atoms with Gasteiger partial charge in [0, 0.05) is 30.1 Å². The van der Waals surface area contributed by atoms with Crippen molar-refractivity contribution >= 4 is 23.3 Å². The first-order chi connectivity index (χ1) is 14.3. The van der Waals surface area contributed by atoms with Gasteiger partial charge in [0.05, 0.1) is 17.8 Å². The Morgan fingerprint density at radius 1 is 1.27 bits per heavy atom. The van der Waals surface area contributed by atoms with Gasteiger partial charge in [-0.15, -0.1) is 0 Å². The minimum Gasteiger partial charge on any atom is -0.390 e. The lowest BCUT2D eigenvalue weighted by atomic mass is 10.0. The monoisotopic (exact) mass is 439 g/mol. The number of hydrogen-bond acceptors (Lipinski definition) is 3. The van der Waals surface area contributed by atoms with Crippen LogP contribution in [0.2, 0.25) is 5.02 Å². The van der Waals surface area contributed by atoms with Gasteiger partial charge in [-0.1, -0.05) is 47.1 Å². The minimum absolute atomic E-state index is 0.0110. The van der Waals surface area contributed by atoms with E-state index in [1.165, 1.54) is 11.0 Å². The second-order valence-electron chi connectivity index (χ2n) is 6.86. The Hall–Kier alpha value is -2.74. The van der Waals surface area contributed by atoms with E-state index < -0.39 is 17.8 Å². The predicted octanol–water partition coefficient (Wildman–Crippen LogP) is 5.08. The Labute approximate surface area is 177 Å². The van der Waals surface area contributed by atoms with Gasteiger partial charge in [0.2, 0.25) is 0 Å². The van der Waals surface area contributed by atoms with Gasteiger partial charge in [0.1, 0.15) is 0 Å². The van der Waals surface area contributed by atoms with Crippen LogP contribution in [0.25, 0.3) is 0 Å². The molecule has 1 heterocycles. The van der Waals surface area contributed by atoms with E-state index in [9.17, 15) is 18.0 Å². The molecule has 0 fully saturated rings. The number of amides is 2. The van der Waals surface area contributed by atoms with Gasteiger partial charge in [-0.05, 0) is 30.7 Å². The van der Waals surface area contributed by atoms with Crippen molar-refractivity contribution in [3.8, 4) is 0 Å². The number of nitrogens with one attached hydrogen (secondary N) is 1. The third-order valence-corrected chi connectivity index (χ3v) is 4.91. The normalized spacial score (nSPS) is 16.0. The van der Waals surface area contributed by atoms with Crippen LogP contribution in [-0.4, -0.2) is 35.8 Å². The molecule has 30 heavy (non-hydrogen) atoms. The average Bonchev–Trinajstić information content (AvgIpc) is 3.16. The molecular weight excluding hydrogens is 419 g/mol. The summed E-state index contributed by atoms with van der Waals surface area (Å²) in [5.74, 6) is 0. The molecule has 160 valence electrons. The van der Waals surface area contributed by atoms with E-state index in [4.69, 9.17) is 16.4 Å². The van der Waals surface area contributed by atoms with Gasteiger partial charge in [-0.3, -0.25) is 0 Å². The third-order valence-electron chi connectivity index (χ3n) is 4.58. The van der Waals surface area contributed by atoms with E-state index in [0.717, 1.165) is 17.7 Å².